The Morgan fingerprint density at radius 3 is 1.97 bits per heavy atom. The first-order chi connectivity index (χ1) is 29.3. The summed E-state index contributed by atoms with van der Waals surface area (Å²) in [6.07, 6.45) is 6.71. The van der Waals surface area contributed by atoms with Crippen molar-refractivity contribution < 1.29 is 4.42 Å². The van der Waals surface area contributed by atoms with Gasteiger partial charge in [0.1, 0.15) is 11.2 Å². The number of rotatable bonds is 3. The molecule has 0 spiro atoms. The van der Waals surface area contributed by atoms with Crippen molar-refractivity contribution >= 4 is 114 Å². The largest absolute Gasteiger partial charge is 0.456 e. The molecular weight excluding hydrogens is 739 g/mol. The standard InChI is InChI=1S/C54H33N3OS/c1-2-12-32(13-3-1)57-53-37(24-26-45-51(53)39-16-4-8-18-43(39)55(45)33-22-28-48-41(30-33)35-14-6-10-20-47(35)58-48)38-25-27-46-52(54(38)57)40-17-5-9-19-44(40)56(46)34-23-29-50-42(31-34)36-15-7-11-21-49(36)59-50/h1-7,9-17,19-31H,8,18H2. The molecule has 1 aliphatic rings. The Bertz CT molecular complexity index is 3960. The first-order valence-electron chi connectivity index (χ1n) is 20.4. The van der Waals surface area contributed by atoms with Crippen LogP contribution in [0.1, 0.15) is 17.7 Å². The number of thiophene rings is 1. The third kappa shape index (κ3) is 4.22. The molecule has 0 fully saturated rings. The van der Waals surface area contributed by atoms with E-state index in [2.05, 4.69) is 184 Å². The Labute approximate surface area is 341 Å². The van der Waals surface area contributed by atoms with Crippen molar-refractivity contribution in [3.05, 3.63) is 181 Å². The summed E-state index contributed by atoms with van der Waals surface area (Å²) in [6, 6.07) is 60.3. The predicted octanol–water partition coefficient (Wildman–Crippen LogP) is 15.1. The summed E-state index contributed by atoms with van der Waals surface area (Å²) < 4.78 is 16.5. The molecule has 0 amide bonds. The van der Waals surface area contributed by atoms with Crippen LogP contribution >= 0.6 is 11.3 Å². The quantitative estimate of drug-likeness (QED) is 0.176. The van der Waals surface area contributed by atoms with Gasteiger partial charge in [0.25, 0.3) is 0 Å². The molecule has 4 nitrogen and oxygen atoms in total. The number of hydrogen-bond donors (Lipinski definition) is 0. The second-order valence-electron chi connectivity index (χ2n) is 15.9. The minimum absolute atomic E-state index is 0.915. The highest BCUT2D eigenvalue weighted by Crippen LogP contribution is 2.47. The number of para-hydroxylation sites is 3. The number of aromatic nitrogens is 3. The van der Waals surface area contributed by atoms with Crippen LogP contribution in [-0.2, 0) is 6.42 Å². The number of hydrogen-bond acceptors (Lipinski definition) is 2. The molecule has 5 heterocycles. The van der Waals surface area contributed by atoms with Crippen LogP contribution in [0.4, 0.5) is 0 Å². The minimum Gasteiger partial charge on any atom is -0.456 e. The topological polar surface area (TPSA) is 27.9 Å². The lowest BCUT2D eigenvalue weighted by Crippen LogP contribution is -2.02. The van der Waals surface area contributed by atoms with Crippen molar-refractivity contribution in [3.63, 3.8) is 0 Å². The Hall–Kier alpha value is -7.34. The summed E-state index contributed by atoms with van der Waals surface area (Å²) in [5, 5.41) is 11.2. The van der Waals surface area contributed by atoms with Crippen molar-refractivity contribution in [1.29, 1.82) is 0 Å². The third-order valence-corrected chi connectivity index (χ3v) is 14.0. The summed E-state index contributed by atoms with van der Waals surface area (Å²) >= 11 is 1.87. The summed E-state index contributed by atoms with van der Waals surface area (Å²) in [4.78, 5) is 0. The van der Waals surface area contributed by atoms with Gasteiger partial charge in [0.2, 0.25) is 0 Å². The van der Waals surface area contributed by atoms with Crippen LogP contribution in [0.25, 0.3) is 120 Å². The van der Waals surface area contributed by atoms with Crippen molar-refractivity contribution in [2.75, 3.05) is 0 Å². The van der Waals surface area contributed by atoms with Crippen LogP contribution in [0.2, 0.25) is 0 Å². The van der Waals surface area contributed by atoms with Crippen LogP contribution in [0, 0.1) is 0 Å². The number of benzene rings is 8. The van der Waals surface area contributed by atoms with Crippen molar-refractivity contribution in [3.8, 4) is 17.1 Å². The van der Waals surface area contributed by atoms with Gasteiger partial charge < -0.3 is 18.1 Å². The second-order valence-corrected chi connectivity index (χ2v) is 17.0. The van der Waals surface area contributed by atoms with E-state index in [1.165, 1.54) is 91.6 Å². The highest BCUT2D eigenvalue weighted by Gasteiger charge is 2.27. The number of allylic oxidation sites excluding steroid dienone is 1. The van der Waals surface area contributed by atoms with Crippen LogP contribution in [0.5, 0.6) is 0 Å². The molecule has 0 unspecified atom stereocenters. The van der Waals surface area contributed by atoms with Gasteiger partial charge in [-0.05, 0) is 91.7 Å². The van der Waals surface area contributed by atoms with Gasteiger partial charge in [-0.15, -0.1) is 11.3 Å². The van der Waals surface area contributed by atoms with Crippen LogP contribution < -0.4 is 0 Å². The highest BCUT2D eigenvalue weighted by molar-refractivity contribution is 7.25. The molecule has 0 saturated carbocycles. The van der Waals surface area contributed by atoms with Gasteiger partial charge in [-0.3, -0.25) is 0 Å². The molecule has 8 aromatic carbocycles. The van der Waals surface area contributed by atoms with E-state index in [1.54, 1.807) is 0 Å². The molecule has 13 aromatic rings. The average molecular weight is 772 g/mol. The summed E-state index contributed by atoms with van der Waals surface area (Å²) in [7, 11) is 0. The normalized spacial score (nSPS) is 13.2. The van der Waals surface area contributed by atoms with Gasteiger partial charge in [-0.1, -0.05) is 97.1 Å². The zero-order valence-corrected chi connectivity index (χ0v) is 32.6. The fourth-order valence-corrected chi connectivity index (χ4v) is 11.5. The molecule has 0 aliphatic heterocycles. The molecule has 276 valence electrons. The Morgan fingerprint density at radius 2 is 1.08 bits per heavy atom. The highest BCUT2D eigenvalue weighted by atomic mass is 32.1. The van der Waals surface area contributed by atoms with Crippen LogP contribution in [0.3, 0.4) is 0 Å². The Balaban J connectivity index is 1.12. The molecule has 5 heteroatoms. The first kappa shape index (κ1) is 31.7. The second kappa shape index (κ2) is 11.6. The summed E-state index contributed by atoms with van der Waals surface area (Å²) in [5.41, 5.74) is 14.1. The van der Waals surface area contributed by atoms with Crippen LogP contribution in [0.15, 0.2) is 174 Å². The SMILES string of the molecule is C1=Cc2c(n(-c3ccc4oc5ccccc5c4c3)c3ccc4c5ccc6c(c7ccccc7n6-c6ccc7sc8ccccc8c7c6)c5n(-c5ccccc5)c4c23)CC1. The fourth-order valence-electron chi connectivity index (χ4n) is 10.5. The van der Waals surface area contributed by atoms with E-state index < -0.39 is 0 Å². The van der Waals surface area contributed by atoms with E-state index in [4.69, 9.17) is 4.42 Å². The van der Waals surface area contributed by atoms with E-state index in [9.17, 15) is 0 Å². The molecule has 0 N–H and O–H groups in total. The maximum absolute atomic E-state index is 6.28. The lowest BCUT2D eigenvalue weighted by Gasteiger charge is -2.13. The zero-order chi connectivity index (χ0) is 38.3. The molecule has 1 aliphatic carbocycles. The van der Waals surface area contributed by atoms with Gasteiger partial charge in [0.05, 0.1) is 27.6 Å². The van der Waals surface area contributed by atoms with E-state index in [0.717, 1.165) is 46.2 Å². The Kier molecular flexibility index (Phi) is 6.25. The Morgan fingerprint density at radius 1 is 0.424 bits per heavy atom. The van der Waals surface area contributed by atoms with Crippen molar-refractivity contribution in [2.45, 2.75) is 12.8 Å². The van der Waals surface area contributed by atoms with E-state index in [1.807, 2.05) is 17.4 Å². The fraction of sp³-hybridized carbons (Fsp3) is 0.0370. The summed E-state index contributed by atoms with van der Waals surface area (Å²) in [6.45, 7) is 0. The predicted molar refractivity (Wildman–Crippen MR) is 249 cm³/mol. The molecular formula is C54H33N3OS. The molecule has 14 rings (SSSR count). The van der Waals surface area contributed by atoms with E-state index >= 15 is 0 Å². The van der Waals surface area contributed by atoms with Crippen LogP contribution in [-0.4, -0.2) is 13.7 Å². The molecule has 0 bridgehead atoms. The van der Waals surface area contributed by atoms with Crippen molar-refractivity contribution in [2.24, 2.45) is 0 Å². The molecule has 0 saturated heterocycles. The van der Waals surface area contributed by atoms with E-state index in [-0.39, 0.29) is 0 Å². The first-order valence-corrected chi connectivity index (χ1v) is 21.2. The molecule has 0 atom stereocenters. The smallest absolute Gasteiger partial charge is 0.135 e. The van der Waals surface area contributed by atoms with Gasteiger partial charge >= 0.3 is 0 Å². The molecule has 5 aromatic heterocycles. The van der Waals surface area contributed by atoms with E-state index in [0.29, 0.717) is 0 Å². The lowest BCUT2D eigenvalue weighted by atomic mass is 10.0. The van der Waals surface area contributed by atoms with Gasteiger partial charge in [0, 0.05) is 86.2 Å². The molecule has 59 heavy (non-hydrogen) atoms. The average Bonchev–Trinajstić information content (AvgIpc) is 4.09. The van der Waals surface area contributed by atoms with Crippen molar-refractivity contribution in [1.82, 2.24) is 13.7 Å². The minimum atomic E-state index is 0.915. The number of furan rings is 1. The number of fused-ring (bicyclic) bond motifs is 17. The zero-order valence-electron chi connectivity index (χ0n) is 31.8. The lowest BCUT2D eigenvalue weighted by molar-refractivity contribution is 0.669. The van der Waals surface area contributed by atoms with Gasteiger partial charge in [-0.2, -0.15) is 0 Å². The summed E-state index contributed by atoms with van der Waals surface area (Å²) in [5.74, 6) is 0. The third-order valence-electron chi connectivity index (χ3n) is 12.9. The van der Waals surface area contributed by atoms with Gasteiger partial charge in [0.15, 0.2) is 0 Å². The molecule has 0 radical (unpaired) electrons. The van der Waals surface area contributed by atoms with Gasteiger partial charge in [-0.25, -0.2) is 0 Å². The maximum Gasteiger partial charge on any atom is 0.135 e. The maximum atomic E-state index is 6.28. The monoisotopic (exact) mass is 771 g/mol. The number of nitrogens with zero attached hydrogens (tertiary/aromatic N) is 3.